The van der Waals surface area contributed by atoms with Gasteiger partial charge in [0.1, 0.15) is 0 Å². The van der Waals surface area contributed by atoms with Crippen LogP contribution in [-0.4, -0.2) is 10.9 Å². The van der Waals surface area contributed by atoms with E-state index < -0.39 is 0 Å². The summed E-state index contributed by atoms with van der Waals surface area (Å²) in [6, 6.07) is 25.9. The van der Waals surface area contributed by atoms with Crippen LogP contribution in [0, 0.1) is 3.57 Å². The Balaban J connectivity index is 1.47. The number of anilines is 1. The Labute approximate surface area is 175 Å². The number of carbonyl (C=O) groups is 1. The second-order valence-electron chi connectivity index (χ2n) is 5.94. The van der Waals surface area contributed by atoms with Crippen molar-refractivity contribution in [2.75, 3.05) is 5.32 Å². The molecule has 0 bridgehead atoms. The molecule has 1 amide bonds. The molecule has 0 aliphatic carbocycles. The summed E-state index contributed by atoms with van der Waals surface area (Å²) in [6.07, 6.45) is 0. The van der Waals surface area contributed by atoms with Gasteiger partial charge in [0.05, 0.1) is 5.69 Å². The summed E-state index contributed by atoms with van der Waals surface area (Å²) >= 11 is 3.70. The molecule has 4 aromatic rings. The molecule has 0 saturated heterocycles. The van der Waals surface area contributed by atoms with Gasteiger partial charge in [0.2, 0.25) is 0 Å². The third kappa shape index (κ3) is 4.26. The van der Waals surface area contributed by atoms with Gasteiger partial charge in [-0.1, -0.05) is 54.6 Å². The Hall–Kier alpha value is -2.51. The summed E-state index contributed by atoms with van der Waals surface area (Å²) in [5.41, 5.74) is 4.74. The van der Waals surface area contributed by atoms with Gasteiger partial charge in [-0.05, 0) is 58.0 Å². The average Bonchev–Trinajstić information content (AvgIpc) is 3.18. The lowest BCUT2D eigenvalue weighted by atomic mass is 10.0. The number of amides is 1. The highest BCUT2D eigenvalue weighted by molar-refractivity contribution is 14.1. The molecule has 0 saturated carbocycles. The van der Waals surface area contributed by atoms with E-state index in [0.717, 1.165) is 22.4 Å². The highest BCUT2D eigenvalue weighted by Gasteiger charge is 2.10. The molecule has 0 radical (unpaired) electrons. The van der Waals surface area contributed by atoms with E-state index in [1.807, 2.05) is 72.1 Å². The predicted molar refractivity (Wildman–Crippen MR) is 120 cm³/mol. The molecule has 1 aromatic heterocycles. The topological polar surface area (TPSA) is 42.0 Å². The second-order valence-corrected chi connectivity index (χ2v) is 8.05. The van der Waals surface area contributed by atoms with Gasteiger partial charge < -0.3 is 0 Å². The molecule has 0 aliphatic heterocycles. The van der Waals surface area contributed by atoms with Crippen LogP contribution < -0.4 is 5.32 Å². The first-order chi connectivity index (χ1) is 13.2. The maximum Gasteiger partial charge on any atom is 0.257 e. The Bertz CT molecular complexity index is 1060. The molecular weight excluding hydrogens is 467 g/mol. The normalized spacial score (nSPS) is 10.6. The monoisotopic (exact) mass is 482 g/mol. The fourth-order valence-corrected chi connectivity index (χ4v) is 3.77. The van der Waals surface area contributed by atoms with Gasteiger partial charge in [-0.3, -0.25) is 10.1 Å². The van der Waals surface area contributed by atoms with Crippen LogP contribution in [0.1, 0.15) is 10.4 Å². The smallest absolute Gasteiger partial charge is 0.257 e. The van der Waals surface area contributed by atoms with Crippen LogP contribution in [-0.2, 0) is 0 Å². The average molecular weight is 482 g/mol. The minimum absolute atomic E-state index is 0.155. The van der Waals surface area contributed by atoms with Gasteiger partial charge in [0, 0.05) is 20.1 Å². The number of nitrogens with zero attached hydrogens (tertiary/aromatic N) is 1. The molecule has 1 heterocycles. The minimum atomic E-state index is -0.155. The number of hydrogen-bond acceptors (Lipinski definition) is 3. The van der Waals surface area contributed by atoms with Crippen molar-refractivity contribution in [3.05, 3.63) is 93.4 Å². The number of rotatable bonds is 4. The molecule has 1 N–H and O–H groups in total. The Morgan fingerprint density at radius 3 is 2.15 bits per heavy atom. The molecule has 132 valence electrons. The van der Waals surface area contributed by atoms with Gasteiger partial charge in [0.15, 0.2) is 5.13 Å². The van der Waals surface area contributed by atoms with Gasteiger partial charge in [-0.2, -0.15) is 0 Å². The van der Waals surface area contributed by atoms with Crippen molar-refractivity contribution in [3.8, 4) is 22.4 Å². The van der Waals surface area contributed by atoms with Crippen LogP contribution in [0.25, 0.3) is 22.4 Å². The van der Waals surface area contributed by atoms with E-state index in [1.165, 1.54) is 14.9 Å². The van der Waals surface area contributed by atoms with Crippen molar-refractivity contribution in [1.82, 2.24) is 4.98 Å². The van der Waals surface area contributed by atoms with Crippen molar-refractivity contribution < 1.29 is 4.79 Å². The molecule has 0 unspecified atom stereocenters. The lowest BCUT2D eigenvalue weighted by molar-refractivity contribution is 0.102. The van der Waals surface area contributed by atoms with Crippen LogP contribution in [0.5, 0.6) is 0 Å². The number of hydrogen-bond donors (Lipinski definition) is 1. The molecule has 5 heteroatoms. The van der Waals surface area contributed by atoms with Crippen molar-refractivity contribution in [1.29, 1.82) is 0 Å². The summed E-state index contributed by atoms with van der Waals surface area (Å²) in [5, 5.41) is 5.44. The maximum atomic E-state index is 12.5. The molecule has 4 rings (SSSR count). The van der Waals surface area contributed by atoms with Crippen LogP contribution in [0.15, 0.2) is 84.2 Å². The fourth-order valence-electron chi connectivity index (χ4n) is 2.70. The summed E-state index contributed by atoms with van der Waals surface area (Å²) in [6.45, 7) is 0. The van der Waals surface area contributed by atoms with Crippen molar-refractivity contribution >= 4 is 45.0 Å². The first-order valence-electron chi connectivity index (χ1n) is 8.37. The van der Waals surface area contributed by atoms with Gasteiger partial charge >= 0.3 is 0 Å². The highest BCUT2D eigenvalue weighted by atomic mass is 127. The number of halogens is 1. The van der Waals surface area contributed by atoms with Crippen molar-refractivity contribution in [2.45, 2.75) is 0 Å². The number of aromatic nitrogens is 1. The zero-order valence-corrected chi connectivity index (χ0v) is 17.2. The summed E-state index contributed by atoms with van der Waals surface area (Å²) in [4.78, 5) is 17.0. The van der Waals surface area contributed by atoms with Crippen LogP contribution in [0.4, 0.5) is 5.13 Å². The third-order valence-electron chi connectivity index (χ3n) is 4.12. The number of thiazole rings is 1. The van der Waals surface area contributed by atoms with E-state index in [1.54, 1.807) is 0 Å². The molecule has 0 aliphatic rings. The predicted octanol–water partition coefficient (Wildman–Crippen LogP) is 6.33. The van der Waals surface area contributed by atoms with E-state index in [2.05, 4.69) is 45.0 Å². The SMILES string of the molecule is O=C(Nc1nc(-c2ccc(I)cc2)cs1)c1ccc(-c2ccccc2)cc1. The van der Waals surface area contributed by atoms with Crippen LogP contribution in [0.3, 0.4) is 0 Å². The van der Waals surface area contributed by atoms with Crippen LogP contribution >= 0.6 is 33.9 Å². The zero-order chi connectivity index (χ0) is 18.6. The van der Waals surface area contributed by atoms with Gasteiger partial charge in [-0.15, -0.1) is 11.3 Å². The Morgan fingerprint density at radius 2 is 1.44 bits per heavy atom. The first kappa shape index (κ1) is 17.9. The molecule has 0 atom stereocenters. The van der Waals surface area contributed by atoms with E-state index in [4.69, 9.17) is 0 Å². The summed E-state index contributed by atoms with van der Waals surface area (Å²) in [7, 11) is 0. The van der Waals surface area contributed by atoms with Crippen LogP contribution in [0.2, 0.25) is 0 Å². The molecule has 0 spiro atoms. The molecule has 3 nitrogen and oxygen atoms in total. The second kappa shape index (κ2) is 8.02. The van der Waals surface area contributed by atoms with E-state index >= 15 is 0 Å². The Kier molecular flexibility index (Phi) is 5.31. The Morgan fingerprint density at radius 1 is 0.815 bits per heavy atom. The lowest BCUT2D eigenvalue weighted by Crippen LogP contribution is -2.11. The molecular formula is C22H15IN2OS. The lowest BCUT2D eigenvalue weighted by Gasteiger charge is -2.04. The highest BCUT2D eigenvalue weighted by Crippen LogP contribution is 2.26. The standard InChI is InChI=1S/C22H15IN2OS/c23-19-12-10-17(11-13-19)20-14-27-22(24-20)25-21(26)18-8-6-16(7-9-18)15-4-2-1-3-5-15/h1-14H,(H,24,25,26). The summed E-state index contributed by atoms with van der Waals surface area (Å²) < 4.78 is 1.18. The largest absolute Gasteiger partial charge is 0.298 e. The maximum absolute atomic E-state index is 12.5. The quantitative estimate of drug-likeness (QED) is 0.345. The van der Waals surface area contributed by atoms with E-state index in [-0.39, 0.29) is 5.91 Å². The molecule has 3 aromatic carbocycles. The van der Waals surface area contributed by atoms with Crippen molar-refractivity contribution in [3.63, 3.8) is 0 Å². The molecule has 27 heavy (non-hydrogen) atoms. The van der Waals surface area contributed by atoms with Crippen molar-refractivity contribution in [2.24, 2.45) is 0 Å². The third-order valence-corrected chi connectivity index (χ3v) is 5.60. The number of nitrogens with one attached hydrogen (secondary N) is 1. The van der Waals surface area contributed by atoms with E-state index in [9.17, 15) is 4.79 Å². The minimum Gasteiger partial charge on any atom is -0.298 e. The van der Waals surface area contributed by atoms with E-state index in [0.29, 0.717) is 10.7 Å². The zero-order valence-electron chi connectivity index (χ0n) is 14.2. The number of benzene rings is 3. The number of carbonyl (C=O) groups excluding carboxylic acids is 1. The van der Waals surface area contributed by atoms with Gasteiger partial charge in [0.25, 0.3) is 5.91 Å². The van der Waals surface area contributed by atoms with Gasteiger partial charge in [-0.25, -0.2) is 4.98 Å². The first-order valence-corrected chi connectivity index (χ1v) is 10.3. The summed E-state index contributed by atoms with van der Waals surface area (Å²) in [5.74, 6) is -0.155. The molecule has 0 fully saturated rings. The fraction of sp³-hybridized carbons (Fsp3) is 0.